The summed E-state index contributed by atoms with van der Waals surface area (Å²) in [4.78, 5) is 12.4. The summed E-state index contributed by atoms with van der Waals surface area (Å²) in [5.74, 6) is 1.10. The SMILES string of the molecule is [B]c1ccc2c(c1)C(=O)CC(C1CC(C)(C)OC(C)(C)C1)O2. The first-order valence-electron chi connectivity index (χ1n) is 7.95. The third-order valence-electron chi connectivity index (χ3n) is 4.55. The number of rotatable bonds is 1. The summed E-state index contributed by atoms with van der Waals surface area (Å²) in [6.45, 7) is 8.45. The molecule has 116 valence electrons. The predicted octanol–water partition coefficient (Wildman–Crippen LogP) is 2.80. The van der Waals surface area contributed by atoms with E-state index in [4.69, 9.17) is 17.3 Å². The molecule has 1 unspecified atom stereocenters. The van der Waals surface area contributed by atoms with Crippen molar-refractivity contribution in [3.05, 3.63) is 23.8 Å². The topological polar surface area (TPSA) is 35.5 Å². The first kappa shape index (κ1) is 15.6. The van der Waals surface area contributed by atoms with E-state index in [0.717, 1.165) is 12.8 Å². The second-order valence-corrected chi connectivity index (χ2v) is 7.83. The van der Waals surface area contributed by atoms with E-state index in [0.29, 0.717) is 29.1 Å². The Kier molecular flexibility index (Phi) is 3.63. The van der Waals surface area contributed by atoms with Gasteiger partial charge in [-0.25, -0.2) is 0 Å². The summed E-state index contributed by atoms with van der Waals surface area (Å²) in [6.07, 6.45) is 2.15. The highest BCUT2D eigenvalue weighted by molar-refractivity contribution is 6.32. The Labute approximate surface area is 133 Å². The molecule has 1 atom stereocenters. The van der Waals surface area contributed by atoms with E-state index in [2.05, 4.69) is 27.7 Å². The summed E-state index contributed by atoms with van der Waals surface area (Å²) in [5.41, 5.74) is 0.824. The predicted molar refractivity (Wildman–Crippen MR) is 87.2 cm³/mol. The van der Waals surface area contributed by atoms with E-state index in [9.17, 15) is 4.79 Å². The lowest BCUT2D eigenvalue weighted by Crippen LogP contribution is -2.50. The lowest BCUT2D eigenvalue weighted by molar-refractivity contribution is -0.183. The van der Waals surface area contributed by atoms with Crippen LogP contribution in [0.1, 0.15) is 57.3 Å². The van der Waals surface area contributed by atoms with E-state index in [1.807, 2.05) is 6.07 Å². The van der Waals surface area contributed by atoms with Crippen LogP contribution in [0.25, 0.3) is 0 Å². The molecule has 2 aliphatic rings. The van der Waals surface area contributed by atoms with Crippen molar-refractivity contribution in [1.82, 2.24) is 0 Å². The number of carbonyl (C=O) groups is 1. The van der Waals surface area contributed by atoms with Gasteiger partial charge in [0.2, 0.25) is 0 Å². The van der Waals surface area contributed by atoms with Gasteiger partial charge in [-0.05, 0) is 46.6 Å². The van der Waals surface area contributed by atoms with E-state index < -0.39 is 0 Å². The summed E-state index contributed by atoms with van der Waals surface area (Å²) in [5, 5.41) is 0. The van der Waals surface area contributed by atoms with Crippen molar-refractivity contribution in [3.63, 3.8) is 0 Å². The number of benzene rings is 1. The second-order valence-electron chi connectivity index (χ2n) is 7.83. The molecule has 1 aromatic carbocycles. The number of fused-ring (bicyclic) bond motifs is 1. The molecule has 0 saturated carbocycles. The van der Waals surface area contributed by atoms with Gasteiger partial charge in [0.1, 0.15) is 19.7 Å². The zero-order valence-corrected chi connectivity index (χ0v) is 13.8. The van der Waals surface area contributed by atoms with Crippen LogP contribution in [-0.4, -0.2) is 30.9 Å². The van der Waals surface area contributed by atoms with Crippen LogP contribution in [0.5, 0.6) is 5.75 Å². The van der Waals surface area contributed by atoms with Crippen LogP contribution in [0.3, 0.4) is 0 Å². The molecule has 0 aliphatic carbocycles. The molecule has 0 aromatic heterocycles. The lowest BCUT2D eigenvalue weighted by atomic mass is 9.76. The molecular formula is C18H23BO3. The zero-order valence-electron chi connectivity index (χ0n) is 13.8. The van der Waals surface area contributed by atoms with Gasteiger partial charge >= 0.3 is 0 Å². The third-order valence-corrected chi connectivity index (χ3v) is 4.55. The van der Waals surface area contributed by atoms with Gasteiger partial charge < -0.3 is 9.47 Å². The number of hydrogen-bond donors (Lipinski definition) is 0. The van der Waals surface area contributed by atoms with Crippen molar-refractivity contribution in [3.8, 4) is 5.75 Å². The molecule has 0 amide bonds. The van der Waals surface area contributed by atoms with Crippen LogP contribution in [-0.2, 0) is 4.74 Å². The van der Waals surface area contributed by atoms with Gasteiger partial charge in [0.25, 0.3) is 0 Å². The third kappa shape index (κ3) is 3.07. The molecule has 0 spiro atoms. The smallest absolute Gasteiger partial charge is 0.170 e. The lowest BCUT2D eigenvalue weighted by Gasteiger charge is -2.47. The fourth-order valence-corrected chi connectivity index (χ4v) is 4.06. The van der Waals surface area contributed by atoms with Crippen LogP contribution in [0.2, 0.25) is 0 Å². The largest absolute Gasteiger partial charge is 0.489 e. The fraction of sp³-hybridized carbons (Fsp3) is 0.611. The molecule has 2 heterocycles. The standard InChI is InChI=1S/C18H23BO3/c1-17(2)9-11(10-18(3,4)22-17)16-8-14(20)13-7-12(19)5-6-15(13)21-16/h5-7,11,16H,8-10H2,1-4H3. The maximum absolute atomic E-state index is 12.4. The molecular weight excluding hydrogens is 275 g/mol. The van der Waals surface area contributed by atoms with Gasteiger partial charge in [0, 0.05) is 12.3 Å². The maximum Gasteiger partial charge on any atom is 0.170 e. The summed E-state index contributed by atoms with van der Waals surface area (Å²) < 4.78 is 12.3. The first-order chi connectivity index (χ1) is 10.2. The van der Waals surface area contributed by atoms with Crippen LogP contribution in [0, 0.1) is 5.92 Å². The normalized spacial score (nSPS) is 27.1. The van der Waals surface area contributed by atoms with E-state index in [-0.39, 0.29) is 23.1 Å². The molecule has 1 aromatic rings. The Morgan fingerprint density at radius 3 is 2.41 bits per heavy atom. The Bertz CT molecular complexity index is 590. The number of Topliss-reactive ketones (excluding diaryl/α,β-unsaturated/α-hetero) is 1. The molecule has 22 heavy (non-hydrogen) atoms. The second kappa shape index (κ2) is 5.12. The van der Waals surface area contributed by atoms with Crippen LogP contribution in [0.4, 0.5) is 0 Å². The zero-order chi connectivity index (χ0) is 16.1. The minimum absolute atomic E-state index is 0.0777. The Balaban J connectivity index is 1.85. The highest BCUT2D eigenvalue weighted by Gasteiger charge is 2.44. The van der Waals surface area contributed by atoms with Crippen LogP contribution >= 0.6 is 0 Å². The molecule has 0 bridgehead atoms. The van der Waals surface area contributed by atoms with Crippen molar-refractivity contribution in [2.24, 2.45) is 5.92 Å². The Morgan fingerprint density at radius 2 is 1.77 bits per heavy atom. The molecule has 2 radical (unpaired) electrons. The number of hydrogen-bond acceptors (Lipinski definition) is 3. The van der Waals surface area contributed by atoms with Gasteiger partial charge in [-0.15, -0.1) is 0 Å². The summed E-state index contributed by atoms with van der Waals surface area (Å²) >= 11 is 0. The summed E-state index contributed by atoms with van der Waals surface area (Å²) in [6, 6.07) is 5.31. The molecule has 1 fully saturated rings. The van der Waals surface area contributed by atoms with Crippen LogP contribution < -0.4 is 10.2 Å². The van der Waals surface area contributed by atoms with Gasteiger partial charge in [-0.3, -0.25) is 4.79 Å². The Morgan fingerprint density at radius 1 is 1.14 bits per heavy atom. The average molecular weight is 298 g/mol. The van der Waals surface area contributed by atoms with Crippen molar-refractivity contribution < 1.29 is 14.3 Å². The molecule has 0 N–H and O–H groups in total. The van der Waals surface area contributed by atoms with Crippen LogP contribution in [0.15, 0.2) is 18.2 Å². The molecule has 3 nitrogen and oxygen atoms in total. The minimum Gasteiger partial charge on any atom is -0.489 e. The quantitative estimate of drug-likeness (QED) is 0.748. The molecule has 4 heteroatoms. The average Bonchev–Trinajstić information content (AvgIpc) is 2.35. The highest BCUT2D eigenvalue weighted by atomic mass is 16.5. The van der Waals surface area contributed by atoms with Crippen molar-refractivity contribution in [1.29, 1.82) is 0 Å². The molecule has 3 rings (SSSR count). The number of carbonyl (C=O) groups excluding carboxylic acids is 1. The van der Waals surface area contributed by atoms with E-state index in [1.165, 1.54) is 0 Å². The number of ether oxygens (including phenoxy) is 2. The fourth-order valence-electron chi connectivity index (χ4n) is 4.06. The monoisotopic (exact) mass is 298 g/mol. The van der Waals surface area contributed by atoms with Crippen molar-refractivity contribution in [2.75, 3.05) is 0 Å². The van der Waals surface area contributed by atoms with Crippen molar-refractivity contribution >= 4 is 19.1 Å². The highest BCUT2D eigenvalue weighted by Crippen LogP contribution is 2.43. The molecule has 1 saturated heterocycles. The van der Waals surface area contributed by atoms with Gasteiger partial charge in [0.05, 0.1) is 16.8 Å². The first-order valence-corrected chi connectivity index (χ1v) is 7.95. The maximum atomic E-state index is 12.4. The minimum atomic E-state index is -0.194. The summed E-state index contributed by atoms with van der Waals surface area (Å²) in [7, 11) is 5.77. The van der Waals surface area contributed by atoms with Gasteiger partial charge in [0.15, 0.2) is 5.78 Å². The Hall–Kier alpha value is -1.29. The van der Waals surface area contributed by atoms with E-state index >= 15 is 0 Å². The number of ketones is 1. The van der Waals surface area contributed by atoms with Gasteiger partial charge in [-0.2, -0.15) is 0 Å². The molecule has 2 aliphatic heterocycles. The van der Waals surface area contributed by atoms with E-state index in [1.54, 1.807) is 12.1 Å². The van der Waals surface area contributed by atoms with Gasteiger partial charge in [-0.1, -0.05) is 17.6 Å². The van der Waals surface area contributed by atoms with Crippen molar-refractivity contribution in [2.45, 2.75) is 64.3 Å².